The lowest BCUT2D eigenvalue weighted by Crippen LogP contribution is -2.36. The first-order valence-corrected chi connectivity index (χ1v) is 46.0. The number of fused-ring (bicyclic) bond motifs is 30. The molecule has 0 unspecified atom stereocenters. The van der Waals surface area contributed by atoms with E-state index in [4.69, 9.17) is 18.3 Å². The fourth-order valence-corrected chi connectivity index (χ4v) is 23.8. The Morgan fingerprint density at radius 2 is 0.493 bits per heavy atom. The SMILES string of the molecule is c1ccc2c(c1)Oc1ccccc1C21c2cc(N(c3ccc4c(c3)oc3ccccc34)c3ccc4c(c3)c3ccccc3n4-c3cccc4ccccc34)ccc2-c2cccc3cccc1c23.c1ccc2c(c1)Oc1ccccc1C21c2cc(N(c3ccc4oc5ccccc5c4c3)c3ccc4c(c3)c3ccccc3n4-c3cccc4ccccc34)ccc2-c2cccc3cccc1c23. The molecule has 0 fully saturated rings. The van der Waals surface area contributed by atoms with Gasteiger partial charge in [0.2, 0.25) is 0 Å². The van der Waals surface area contributed by atoms with Crippen LogP contribution >= 0.6 is 0 Å². The summed E-state index contributed by atoms with van der Waals surface area (Å²) in [7, 11) is 0. The van der Waals surface area contributed by atoms with Crippen LogP contribution in [0.1, 0.15) is 44.5 Å². The topological polar surface area (TPSA) is 61.1 Å². The van der Waals surface area contributed by atoms with Gasteiger partial charge in [0.1, 0.15) is 45.3 Å². The van der Waals surface area contributed by atoms with Gasteiger partial charge in [-0.2, -0.15) is 0 Å². The number of ether oxygens (including phenoxy) is 2. The van der Waals surface area contributed by atoms with E-state index in [2.05, 4.69) is 468 Å². The molecule has 0 radical (unpaired) electrons. The van der Waals surface area contributed by atoms with E-state index in [1.165, 1.54) is 126 Å². The molecule has 2 aliphatic carbocycles. The standard InChI is InChI=1S/2C63H38N2O2/c1-2-18-44-39(14-1)15-13-26-55(44)65-56-25-7-3-19-46(56)50-36-41(32-35-57(50)65)64(43-31-34-48-47-20-4-8-27-58(47)66-61(48)38-43)42-30-33-45-49-21-11-16-40-17-12-24-53(62(40)49)63(54(45)37-42)51-22-5-9-28-59(51)67-60-29-10-6-23-52(60)63;1-2-18-44-39(14-1)15-13-26-55(44)65-56-25-7-3-19-46(56)49-36-41(31-34-57(49)65)64(42-32-35-59-50(37-42)47-20-4-8-27-58(47)66-59)43-30-33-45-48-21-11-16-40-17-12-24-53(62(40)48)63(54(45)38-43)51-22-5-9-28-60(51)67-61-29-10-6-23-52(61)63/h2*1-38H. The molecule has 4 aliphatic rings. The van der Waals surface area contributed by atoms with Crippen LogP contribution in [0.15, 0.2) is 470 Å². The first-order valence-electron chi connectivity index (χ1n) is 46.0. The molecule has 2 spiro atoms. The fourth-order valence-electron chi connectivity index (χ4n) is 23.8. The average molecular weight is 1710 g/mol. The molecule has 8 nitrogen and oxygen atoms in total. The molecule has 624 valence electrons. The van der Waals surface area contributed by atoms with E-state index in [0.29, 0.717) is 0 Å². The molecule has 30 rings (SSSR count). The Labute approximate surface area is 769 Å². The smallest absolute Gasteiger partial charge is 0.137 e. The molecule has 2 aliphatic heterocycles. The molecular formula is C126H76N4O4. The minimum Gasteiger partial charge on any atom is -0.457 e. The third-order valence-electron chi connectivity index (χ3n) is 29.2. The second-order valence-corrected chi connectivity index (χ2v) is 35.9. The van der Waals surface area contributed by atoms with Gasteiger partial charge in [-0.3, -0.25) is 0 Å². The van der Waals surface area contributed by atoms with E-state index in [1.54, 1.807) is 0 Å². The number of para-hydroxylation sites is 8. The normalized spacial score (nSPS) is 13.3. The molecule has 22 aromatic carbocycles. The number of nitrogens with zero attached hydrogens (tertiary/aromatic N) is 4. The Kier molecular flexibility index (Phi) is 15.7. The zero-order chi connectivity index (χ0) is 87.6. The van der Waals surface area contributed by atoms with Crippen molar-refractivity contribution in [2.45, 2.75) is 10.8 Å². The maximum atomic E-state index is 6.80. The summed E-state index contributed by atoms with van der Waals surface area (Å²) >= 11 is 0. The van der Waals surface area contributed by atoms with Crippen LogP contribution in [0.5, 0.6) is 23.0 Å². The van der Waals surface area contributed by atoms with Crippen LogP contribution in [0.25, 0.3) is 164 Å². The number of furan rings is 2. The molecule has 0 saturated heterocycles. The van der Waals surface area contributed by atoms with Gasteiger partial charge in [-0.15, -0.1) is 0 Å². The van der Waals surface area contributed by atoms with Crippen molar-refractivity contribution in [3.63, 3.8) is 0 Å². The molecule has 134 heavy (non-hydrogen) atoms. The Balaban J connectivity index is 0.000000131. The Hall–Kier alpha value is -17.7. The quantitative estimate of drug-likeness (QED) is 0.151. The zero-order valence-electron chi connectivity index (χ0n) is 72.3. The lowest BCUT2D eigenvalue weighted by Gasteiger charge is -2.45. The Morgan fingerprint density at radius 1 is 0.179 bits per heavy atom. The van der Waals surface area contributed by atoms with E-state index < -0.39 is 10.8 Å². The molecule has 0 saturated carbocycles. The number of aromatic nitrogens is 2. The average Bonchev–Trinajstić information content (AvgIpc) is 0.760. The van der Waals surface area contributed by atoms with Crippen LogP contribution in [0.3, 0.4) is 0 Å². The summed E-state index contributed by atoms with van der Waals surface area (Å²) in [4.78, 5) is 4.86. The predicted octanol–water partition coefficient (Wildman–Crippen LogP) is 33.9. The molecule has 26 aromatic rings. The highest BCUT2D eigenvalue weighted by Crippen LogP contribution is 2.65. The van der Waals surface area contributed by atoms with Crippen LogP contribution in [0.2, 0.25) is 0 Å². The van der Waals surface area contributed by atoms with Crippen LogP contribution in [-0.4, -0.2) is 9.13 Å². The van der Waals surface area contributed by atoms with Crippen molar-refractivity contribution in [3.8, 4) is 56.6 Å². The molecule has 6 heterocycles. The highest BCUT2D eigenvalue weighted by atomic mass is 16.5. The third kappa shape index (κ3) is 10.5. The van der Waals surface area contributed by atoms with Gasteiger partial charge in [0.25, 0.3) is 0 Å². The van der Waals surface area contributed by atoms with E-state index in [-0.39, 0.29) is 0 Å². The fraction of sp³-hybridized carbons (Fsp3) is 0.0159. The van der Waals surface area contributed by atoms with E-state index >= 15 is 0 Å². The van der Waals surface area contributed by atoms with Crippen LogP contribution in [0.4, 0.5) is 34.1 Å². The van der Waals surface area contributed by atoms with Crippen molar-refractivity contribution >= 4 is 165 Å². The minimum atomic E-state index is -0.686. The summed E-state index contributed by atoms with van der Waals surface area (Å²) in [6.07, 6.45) is 0. The van der Waals surface area contributed by atoms with Crippen molar-refractivity contribution in [3.05, 3.63) is 506 Å². The second kappa shape index (κ2) is 28.4. The van der Waals surface area contributed by atoms with Gasteiger partial charge in [-0.1, -0.05) is 303 Å². The van der Waals surface area contributed by atoms with Gasteiger partial charge in [-0.05, 0) is 228 Å². The van der Waals surface area contributed by atoms with Crippen molar-refractivity contribution in [1.29, 1.82) is 0 Å². The van der Waals surface area contributed by atoms with Crippen molar-refractivity contribution < 1.29 is 18.3 Å². The van der Waals surface area contributed by atoms with Crippen molar-refractivity contribution in [2.75, 3.05) is 9.80 Å². The first-order chi connectivity index (χ1) is 66.4. The van der Waals surface area contributed by atoms with Gasteiger partial charge in [-0.25, -0.2) is 0 Å². The van der Waals surface area contributed by atoms with Crippen LogP contribution in [-0.2, 0) is 10.8 Å². The maximum absolute atomic E-state index is 6.80. The summed E-state index contributed by atoms with van der Waals surface area (Å²) in [6.45, 7) is 0. The maximum Gasteiger partial charge on any atom is 0.137 e. The van der Waals surface area contributed by atoms with E-state index in [0.717, 1.165) is 140 Å². The highest BCUT2D eigenvalue weighted by Gasteiger charge is 2.52. The minimum absolute atomic E-state index is 0.684. The van der Waals surface area contributed by atoms with Crippen molar-refractivity contribution in [2.24, 2.45) is 0 Å². The summed E-state index contributed by atoms with van der Waals surface area (Å²) in [5, 5.41) is 19.0. The molecule has 0 bridgehead atoms. The summed E-state index contributed by atoms with van der Waals surface area (Å²) < 4.78 is 31.5. The van der Waals surface area contributed by atoms with Gasteiger partial charge >= 0.3 is 0 Å². The number of anilines is 6. The van der Waals surface area contributed by atoms with E-state index in [9.17, 15) is 0 Å². The molecular weight excluding hydrogens is 1630 g/mol. The third-order valence-corrected chi connectivity index (χ3v) is 29.2. The number of hydrogen-bond acceptors (Lipinski definition) is 6. The Bertz CT molecular complexity index is 9430. The lowest BCUT2D eigenvalue weighted by atomic mass is 9.58. The monoisotopic (exact) mass is 1710 g/mol. The van der Waals surface area contributed by atoms with Gasteiger partial charge in [0, 0.05) is 116 Å². The predicted molar refractivity (Wildman–Crippen MR) is 550 cm³/mol. The molecule has 0 atom stereocenters. The number of hydrogen-bond donors (Lipinski definition) is 0. The summed E-state index contributed by atoms with van der Waals surface area (Å²) in [5.41, 5.74) is 29.7. The summed E-state index contributed by atoms with van der Waals surface area (Å²) in [6, 6.07) is 168. The van der Waals surface area contributed by atoms with Gasteiger partial charge in [0.05, 0.1) is 44.3 Å². The van der Waals surface area contributed by atoms with E-state index in [1.807, 2.05) is 12.1 Å². The van der Waals surface area contributed by atoms with Gasteiger partial charge < -0.3 is 37.2 Å². The largest absolute Gasteiger partial charge is 0.457 e. The zero-order valence-corrected chi connectivity index (χ0v) is 72.3. The lowest BCUT2D eigenvalue weighted by molar-refractivity contribution is 0.435. The van der Waals surface area contributed by atoms with Crippen LogP contribution < -0.4 is 19.3 Å². The van der Waals surface area contributed by atoms with Crippen LogP contribution in [0, 0.1) is 0 Å². The highest BCUT2D eigenvalue weighted by molar-refractivity contribution is 6.17. The number of rotatable bonds is 8. The second-order valence-electron chi connectivity index (χ2n) is 35.9. The molecule has 8 heteroatoms. The molecule has 4 aromatic heterocycles. The molecule has 0 N–H and O–H groups in total. The van der Waals surface area contributed by atoms with Crippen molar-refractivity contribution in [1.82, 2.24) is 9.13 Å². The molecule has 0 amide bonds. The Morgan fingerprint density at radius 3 is 0.978 bits per heavy atom. The summed E-state index contributed by atoms with van der Waals surface area (Å²) in [5.74, 6) is 3.48. The first kappa shape index (κ1) is 74.2. The number of benzene rings is 22. The van der Waals surface area contributed by atoms with Gasteiger partial charge in [0.15, 0.2) is 0 Å².